The summed E-state index contributed by atoms with van der Waals surface area (Å²) < 4.78 is 0. The van der Waals surface area contributed by atoms with Gasteiger partial charge in [-0.15, -0.1) is 0 Å². The zero-order chi connectivity index (χ0) is 11.4. The number of hydrogen-bond acceptors (Lipinski definition) is 4. The van der Waals surface area contributed by atoms with Crippen molar-refractivity contribution in [3.8, 4) is 0 Å². The van der Waals surface area contributed by atoms with Gasteiger partial charge in [-0.05, 0) is 30.5 Å². The fourth-order valence-corrected chi connectivity index (χ4v) is 1.70. The van der Waals surface area contributed by atoms with Gasteiger partial charge in [0.1, 0.15) is 0 Å². The van der Waals surface area contributed by atoms with Crippen molar-refractivity contribution < 1.29 is 9.76 Å². The minimum Gasteiger partial charge on any atom is -0.294 e. The second-order valence-electron chi connectivity index (χ2n) is 3.83. The average molecular weight is 222 g/mol. The van der Waals surface area contributed by atoms with Crippen LogP contribution in [-0.2, 0) is 11.4 Å². The van der Waals surface area contributed by atoms with Crippen LogP contribution in [0.1, 0.15) is 18.4 Å². The molecule has 0 bridgehead atoms. The molecule has 1 saturated heterocycles. The molecule has 0 unspecified atom stereocenters. The number of hydrogen-bond donors (Lipinski definition) is 0. The fraction of sp³-hybridized carbons (Fsp3) is 0.455. The Morgan fingerprint density at radius 1 is 1.25 bits per heavy atom. The predicted octanol–water partition coefficient (Wildman–Crippen LogP) is 2.12. The third kappa shape index (κ3) is 2.77. The molecule has 1 aromatic carbocycles. The normalized spacial score (nSPS) is 16.5. The Hall–Kier alpha value is -1.46. The third-order valence-corrected chi connectivity index (χ3v) is 2.63. The van der Waals surface area contributed by atoms with Gasteiger partial charge in [0.05, 0.1) is 11.5 Å². The van der Waals surface area contributed by atoms with E-state index in [0.717, 1.165) is 18.7 Å². The second kappa shape index (κ2) is 5.05. The molecule has 16 heavy (non-hydrogen) atoms. The first-order valence-electron chi connectivity index (χ1n) is 5.37. The van der Waals surface area contributed by atoms with Crippen LogP contribution in [0.5, 0.6) is 0 Å². The first kappa shape index (κ1) is 11.0. The lowest BCUT2D eigenvalue weighted by Gasteiger charge is -2.14. The first-order valence-corrected chi connectivity index (χ1v) is 5.37. The smallest absolute Gasteiger partial charge is 0.269 e. The van der Waals surface area contributed by atoms with Gasteiger partial charge < -0.3 is 0 Å². The van der Waals surface area contributed by atoms with E-state index in [1.54, 1.807) is 12.1 Å². The van der Waals surface area contributed by atoms with Crippen LogP contribution >= 0.6 is 0 Å². The van der Waals surface area contributed by atoms with Gasteiger partial charge in [-0.2, -0.15) is 5.06 Å². The summed E-state index contributed by atoms with van der Waals surface area (Å²) in [6.45, 7) is 2.44. The van der Waals surface area contributed by atoms with E-state index in [-0.39, 0.29) is 5.69 Å². The van der Waals surface area contributed by atoms with Crippen molar-refractivity contribution in [1.82, 2.24) is 5.06 Å². The maximum atomic E-state index is 10.4. The number of rotatable bonds is 4. The van der Waals surface area contributed by atoms with Gasteiger partial charge in [0, 0.05) is 25.2 Å². The zero-order valence-electron chi connectivity index (χ0n) is 8.96. The summed E-state index contributed by atoms with van der Waals surface area (Å²) in [5.41, 5.74) is 1.07. The summed E-state index contributed by atoms with van der Waals surface area (Å²) in [5, 5.41) is 12.4. The molecule has 1 fully saturated rings. The van der Waals surface area contributed by atoms with Crippen molar-refractivity contribution in [1.29, 1.82) is 0 Å². The van der Waals surface area contributed by atoms with Crippen LogP contribution in [-0.4, -0.2) is 23.1 Å². The Morgan fingerprint density at radius 3 is 2.44 bits per heavy atom. The van der Waals surface area contributed by atoms with Gasteiger partial charge >= 0.3 is 0 Å². The van der Waals surface area contributed by atoms with Gasteiger partial charge in [-0.1, -0.05) is 0 Å². The molecule has 2 rings (SSSR count). The molecule has 0 amide bonds. The number of nitrogens with zero attached hydrogens (tertiary/aromatic N) is 2. The maximum absolute atomic E-state index is 10.4. The summed E-state index contributed by atoms with van der Waals surface area (Å²) in [5.74, 6) is 0. The summed E-state index contributed by atoms with van der Waals surface area (Å²) >= 11 is 0. The molecule has 86 valence electrons. The molecule has 0 aliphatic carbocycles. The summed E-state index contributed by atoms with van der Waals surface area (Å²) in [7, 11) is 0. The van der Waals surface area contributed by atoms with Gasteiger partial charge in [0.25, 0.3) is 5.69 Å². The molecular weight excluding hydrogens is 208 g/mol. The molecule has 5 heteroatoms. The number of non-ortho nitro benzene ring substituents is 1. The molecule has 0 N–H and O–H groups in total. The Balaban J connectivity index is 1.87. The quantitative estimate of drug-likeness (QED) is 0.578. The minimum absolute atomic E-state index is 0.116. The van der Waals surface area contributed by atoms with Crippen LogP contribution in [0.2, 0.25) is 0 Å². The van der Waals surface area contributed by atoms with Crippen LogP contribution in [0.15, 0.2) is 24.3 Å². The lowest BCUT2D eigenvalue weighted by molar-refractivity contribution is -0.384. The van der Waals surface area contributed by atoms with E-state index in [1.807, 2.05) is 5.06 Å². The highest BCUT2D eigenvalue weighted by molar-refractivity contribution is 5.32. The van der Waals surface area contributed by atoms with Crippen molar-refractivity contribution >= 4 is 5.69 Å². The summed E-state index contributed by atoms with van der Waals surface area (Å²) in [6, 6.07) is 6.47. The van der Waals surface area contributed by atoms with Crippen LogP contribution in [0.25, 0.3) is 0 Å². The van der Waals surface area contributed by atoms with Crippen LogP contribution < -0.4 is 0 Å². The molecule has 1 aliphatic heterocycles. The van der Waals surface area contributed by atoms with Crippen molar-refractivity contribution in [3.63, 3.8) is 0 Å². The number of nitro benzene ring substituents is 1. The van der Waals surface area contributed by atoms with Gasteiger partial charge in [-0.25, -0.2) is 0 Å². The highest BCUT2D eigenvalue weighted by Crippen LogP contribution is 2.14. The second-order valence-corrected chi connectivity index (χ2v) is 3.83. The highest BCUT2D eigenvalue weighted by atomic mass is 16.7. The number of nitro groups is 1. The van der Waals surface area contributed by atoms with Crippen molar-refractivity contribution in [2.75, 3.05) is 13.1 Å². The number of benzene rings is 1. The highest BCUT2D eigenvalue weighted by Gasteiger charge is 2.12. The fourth-order valence-electron chi connectivity index (χ4n) is 1.70. The Bertz CT molecular complexity index is 358. The van der Waals surface area contributed by atoms with E-state index in [4.69, 9.17) is 4.84 Å². The Labute approximate surface area is 93.7 Å². The lowest BCUT2D eigenvalue weighted by atomic mass is 10.2. The van der Waals surface area contributed by atoms with Crippen molar-refractivity contribution in [3.05, 3.63) is 39.9 Å². The van der Waals surface area contributed by atoms with E-state index in [0.29, 0.717) is 6.61 Å². The molecule has 0 saturated carbocycles. The van der Waals surface area contributed by atoms with Crippen molar-refractivity contribution in [2.45, 2.75) is 19.4 Å². The molecule has 0 radical (unpaired) electrons. The van der Waals surface area contributed by atoms with Gasteiger partial charge in [0.2, 0.25) is 0 Å². The van der Waals surface area contributed by atoms with Crippen molar-refractivity contribution in [2.24, 2.45) is 0 Å². The zero-order valence-corrected chi connectivity index (χ0v) is 8.96. The van der Waals surface area contributed by atoms with E-state index >= 15 is 0 Å². The van der Waals surface area contributed by atoms with Gasteiger partial charge in [0.15, 0.2) is 0 Å². The van der Waals surface area contributed by atoms with Crippen LogP contribution in [0.3, 0.4) is 0 Å². The third-order valence-electron chi connectivity index (χ3n) is 2.63. The molecule has 0 atom stereocenters. The Kier molecular flexibility index (Phi) is 3.48. The largest absolute Gasteiger partial charge is 0.294 e. The Morgan fingerprint density at radius 2 is 1.88 bits per heavy atom. The predicted molar refractivity (Wildman–Crippen MR) is 58.7 cm³/mol. The van der Waals surface area contributed by atoms with E-state index in [1.165, 1.54) is 25.0 Å². The number of hydroxylamine groups is 2. The van der Waals surface area contributed by atoms with E-state index in [2.05, 4.69) is 0 Å². The van der Waals surface area contributed by atoms with Crippen LogP contribution in [0.4, 0.5) is 5.69 Å². The topological polar surface area (TPSA) is 55.6 Å². The monoisotopic (exact) mass is 222 g/mol. The SMILES string of the molecule is O=[N+]([O-])c1ccc(CON2CCCC2)cc1. The summed E-state index contributed by atoms with van der Waals surface area (Å²) in [6.07, 6.45) is 2.36. The molecule has 5 nitrogen and oxygen atoms in total. The average Bonchev–Trinajstić information content (AvgIpc) is 2.80. The standard InChI is InChI=1S/C11H14N2O3/c14-13(15)11-5-3-10(4-6-11)9-16-12-7-1-2-8-12/h3-6H,1-2,7-9H2. The molecule has 0 aromatic heterocycles. The summed E-state index contributed by atoms with van der Waals surface area (Å²) in [4.78, 5) is 15.6. The van der Waals surface area contributed by atoms with E-state index in [9.17, 15) is 10.1 Å². The molecule has 1 aliphatic rings. The molecule has 0 spiro atoms. The lowest BCUT2D eigenvalue weighted by Crippen LogP contribution is -2.19. The maximum Gasteiger partial charge on any atom is 0.269 e. The molecule has 1 heterocycles. The molecular formula is C11H14N2O3. The first-order chi connectivity index (χ1) is 7.75. The molecule has 1 aromatic rings. The minimum atomic E-state index is -0.398. The van der Waals surface area contributed by atoms with Gasteiger partial charge in [-0.3, -0.25) is 15.0 Å². The van der Waals surface area contributed by atoms with Crippen LogP contribution in [0, 0.1) is 10.1 Å². The van der Waals surface area contributed by atoms with E-state index < -0.39 is 4.92 Å².